The zero-order valence-corrected chi connectivity index (χ0v) is 20.8. The van der Waals surface area contributed by atoms with Crippen molar-refractivity contribution in [3.05, 3.63) is 54.0 Å². The topological polar surface area (TPSA) is 71.3 Å². The molecule has 1 aromatic carbocycles. The van der Waals surface area contributed by atoms with Gasteiger partial charge in [0.05, 0.1) is 25.5 Å². The van der Waals surface area contributed by atoms with Crippen molar-refractivity contribution in [3.8, 4) is 5.75 Å². The van der Waals surface area contributed by atoms with Crippen molar-refractivity contribution in [3.63, 3.8) is 0 Å². The van der Waals surface area contributed by atoms with Crippen LogP contribution in [-0.2, 0) is 11.3 Å². The number of aliphatic imine (C=N–C) groups is 1. The summed E-state index contributed by atoms with van der Waals surface area (Å²) < 4.78 is 16.3. The second kappa shape index (κ2) is 14.3. The summed E-state index contributed by atoms with van der Waals surface area (Å²) in [5.74, 6) is 2.66. The number of hydrogen-bond donors (Lipinski definition) is 2. The summed E-state index contributed by atoms with van der Waals surface area (Å²) >= 11 is 0. The molecule has 8 heteroatoms. The highest BCUT2D eigenvalue weighted by molar-refractivity contribution is 14.0. The van der Waals surface area contributed by atoms with Crippen LogP contribution in [0.2, 0.25) is 0 Å². The number of nitrogens with one attached hydrogen (secondary N) is 2. The number of methoxy groups -OCH3 is 1. The number of rotatable bonds is 11. The lowest BCUT2D eigenvalue weighted by molar-refractivity contribution is 0.146. The lowest BCUT2D eigenvalue weighted by Crippen LogP contribution is -2.42. The van der Waals surface area contributed by atoms with Crippen molar-refractivity contribution in [2.45, 2.75) is 32.4 Å². The van der Waals surface area contributed by atoms with E-state index in [-0.39, 0.29) is 30.0 Å². The van der Waals surface area contributed by atoms with Gasteiger partial charge in [0.15, 0.2) is 5.96 Å². The summed E-state index contributed by atoms with van der Waals surface area (Å²) in [6.07, 6.45) is 4.24. The standard InChI is InChI=1S/C23H34N4O3.HI/c1-3-24-23(25-17-19-8-10-20(11-9-19)29-16-15-28-2)26-18-21(22-7-6-14-30-22)27-12-4-5-13-27;/h6-11,14,21H,3-5,12-13,15-18H2,1-2H3,(H2,24,25,26);1H. The van der Waals surface area contributed by atoms with Crippen LogP contribution in [0.1, 0.15) is 37.1 Å². The van der Waals surface area contributed by atoms with E-state index in [1.807, 2.05) is 30.3 Å². The zero-order chi connectivity index (χ0) is 21.0. The van der Waals surface area contributed by atoms with E-state index in [0.717, 1.165) is 49.2 Å². The van der Waals surface area contributed by atoms with Crippen molar-refractivity contribution < 1.29 is 13.9 Å². The van der Waals surface area contributed by atoms with Gasteiger partial charge in [0.25, 0.3) is 0 Å². The van der Waals surface area contributed by atoms with Gasteiger partial charge in [0.2, 0.25) is 0 Å². The predicted molar refractivity (Wildman–Crippen MR) is 134 cm³/mol. The molecule has 1 fully saturated rings. The van der Waals surface area contributed by atoms with Gasteiger partial charge in [-0.05, 0) is 62.7 Å². The smallest absolute Gasteiger partial charge is 0.191 e. The molecule has 2 aromatic rings. The van der Waals surface area contributed by atoms with E-state index in [9.17, 15) is 0 Å². The molecule has 0 amide bonds. The quantitative estimate of drug-likeness (QED) is 0.195. The number of guanidine groups is 1. The number of ether oxygens (including phenoxy) is 2. The van der Waals surface area contributed by atoms with Gasteiger partial charge in [-0.1, -0.05) is 12.1 Å². The summed E-state index contributed by atoms with van der Waals surface area (Å²) in [5, 5.41) is 6.84. The second-order valence-corrected chi connectivity index (χ2v) is 7.34. The first-order chi connectivity index (χ1) is 14.8. The summed E-state index contributed by atoms with van der Waals surface area (Å²) in [6.45, 7) is 7.60. The molecule has 0 aliphatic carbocycles. The highest BCUT2D eigenvalue weighted by atomic mass is 127. The number of nitrogens with zero attached hydrogens (tertiary/aromatic N) is 2. The minimum atomic E-state index is 0. The molecule has 2 N–H and O–H groups in total. The average Bonchev–Trinajstić information content (AvgIpc) is 3.48. The fourth-order valence-corrected chi connectivity index (χ4v) is 3.58. The number of hydrogen-bond acceptors (Lipinski definition) is 5. The molecule has 172 valence electrons. The van der Waals surface area contributed by atoms with Crippen LogP contribution in [0, 0.1) is 0 Å². The van der Waals surface area contributed by atoms with Crippen molar-refractivity contribution in [1.29, 1.82) is 0 Å². The van der Waals surface area contributed by atoms with Gasteiger partial charge in [-0.25, -0.2) is 4.99 Å². The fraction of sp³-hybridized carbons (Fsp3) is 0.522. The summed E-state index contributed by atoms with van der Waals surface area (Å²) in [4.78, 5) is 7.24. The van der Waals surface area contributed by atoms with E-state index in [2.05, 4.69) is 28.5 Å². The Bertz CT molecular complexity index is 747. The van der Waals surface area contributed by atoms with Crippen molar-refractivity contribution in [1.82, 2.24) is 15.5 Å². The molecule has 1 atom stereocenters. The summed E-state index contributed by atoms with van der Waals surface area (Å²) in [6, 6.07) is 12.3. The van der Waals surface area contributed by atoms with Gasteiger partial charge in [-0.3, -0.25) is 4.90 Å². The first-order valence-corrected chi connectivity index (χ1v) is 10.8. The Balaban J connectivity index is 0.00000341. The van der Waals surface area contributed by atoms with Crippen LogP contribution in [0.5, 0.6) is 5.75 Å². The second-order valence-electron chi connectivity index (χ2n) is 7.34. The Labute approximate surface area is 202 Å². The Hall–Kier alpha value is -1.78. The Morgan fingerprint density at radius 3 is 2.55 bits per heavy atom. The highest BCUT2D eigenvalue weighted by Gasteiger charge is 2.25. The number of likely N-dealkylation sites (tertiary alicyclic amines) is 1. The Kier molecular flexibility index (Phi) is 11.8. The maximum Gasteiger partial charge on any atom is 0.191 e. The van der Waals surface area contributed by atoms with Crippen LogP contribution < -0.4 is 15.4 Å². The van der Waals surface area contributed by atoms with E-state index in [0.29, 0.717) is 19.8 Å². The van der Waals surface area contributed by atoms with E-state index in [1.165, 1.54) is 12.8 Å². The Morgan fingerprint density at radius 2 is 1.90 bits per heavy atom. The number of furan rings is 1. The first kappa shape index (κ1) is 25.5. The third-order valence-electron chi connectivity index (χ3n) is 5.16. The zero-order valence-electron chi connectivity index (χ0n) is 18.5. The van der Waals surface area contributed by atoms with Gasteiger partial charge in [-0.2, -0.15) is 0 Å². The van der Waals surface area contributed by atoms with Gasteiger partial charge in [0.1, 0.15) is 18.1 Å². The molecule has 0 radical (unpaired) electrons. The molecule has 1 saturated heterocycles. The van der Waals surface area contributed by atoms with Crippen molar-refractivity contribution >= 4 is 29.9 Å². The molecule has 1 aliphatic heterocycles. The highest BCUT2D eigenvalue weighted by Crippen LogP contribution is 2.24. The summed E-state index contributed by atoms with van der Waals surface area (Å²) in [7, 11) is 1.67. The van der Waals surface area contributed by atoms with Gasteiger partial charge >= 0.3 is 0 Å². The molecular formula is C23H35IN4O3. The number of halogens is 1. The van der Waals surface area contributed by atoms with Gasteiger partial charge in [0, 0.05) is 20.2 Å². The monoisotopic (exact) mass is 542 g/mol. The fourth-order valence-electron chi connectivity index (χ4n) is 3.58. The molecule has 0 spiro atoms. The third kappa shape index (κ3) is 8.34. The minimum absolute atomic E-state index is 0. The molecule has 0 bridgehead atoms. The number of benzene rings is 1. The molecule has 2 heterocycles. The van der Waals surface area contributed by atoms with Crippen LogP contribution in [0.4, 0.5) is 0 Å². The molecular weight excluding hydrogens is 507 g/mol. The van der Waals surface area contributed by atoms with E-state index >= 15 is 0 Å². The maximum atomic E-state index is 5.71. The Morgan fingerprint density at radius 1 is 1.13 bits per heavy atom. The largest absolute Gasteiger partial charge is 0.491 e. The van der Waals surface area contributed by atoms with Gasteiger partial charge in [-0.15, -0.1) is 24.0 Å². The maximum absolute atomic E-state index is 5.71. The third-order valence-corrected chi connectivity index (χ3v) is 5.16. The molecule has 3 rings (SSSR count). The molecule has 1 aromatic heterocycles. The molecule has 0 saturated carbocycles. The van der Waals surface area contributed by atoms with Crippen LogP contribution in [-0.4, -0.2) is 57.4 Å². The lowest BCUT2D eigenvalue weighted by atomic mass is 10.2. The molecule has 1 aliphatic rings. The SMILES string of the molecule is CCNC(=NCc1ccc(OCCOC)cc1)NCC(c1ccco1)N1CCCC1.I. The van der Waals surface area contributed by atoms with Crippen molar-refractivity contribution in [2.24, 2.45) is 4.99 Å². The van der Waals surface area contributed by atoms with Crippen molar-refractivity contribution in [2.75, 3.05) is 46.5 Å². The summed E-state index contributed by atoms with van der Waals surface area (Å²) in [5.41, 5.74) is 1.13. The van der Waals surface area contributed by atoms with E-state index in [4.69, 9.17) is 18.9 Å². The first-order valence-electron chi connectivity index (χ1n) is 10.8. The van der Waals surface area contributed by atoms with Crippen LogP contribution in [0.3, 0.4) is 0 Å². The van der Waals surface area contributed by atoms with E-state index < -0.39 is 0 Å². The van der Waals surface area contributed by atoms with E-state index in [1.54, 1.807) is 13.4 Å². The molecule has 31 heavy (non-hydrogen) atoms. The normalized spacial score (nSPS) is 15.4. The van der Waals surface area contributed by atoms with Crippen LogP contribution in [0.15, 0.2) is 52.1 Å². The van der Waals surface area contributed by atoms with Crippen LogP contribution >= 0.6 is 24.0 Å². The average molecular weight is 542 g/mol. The minimum Gasteiger partial charge on any atom is -0.491 e. The lowest BCUT2D eigenvalue weighted by Gasteiger charge is -2.26. The molecule has 7 nitrogen and oxygen atoms in total. The molecule has 1 unspecified atom stereocenters. The predicted octanol–water partition coefficient (Wildman–Crippen LogP) is 3.82. The van der Waals surface area contributed by atoms with Gasteiger partial charge < -0.3 is 24.5 Å². The van der Waals surface area contributed by atoms with Crippen LogP contribution in [0.25, 0.3) is 0 Å².